The largest absolute Gasteiger partial charge is 0.337 e. The summed E-state index contributed by atoms with van der Waals surface area (Å²) in [5, 5.41) is 2.74. The second kappa shape index (κ2) is 6.55. The van der Waals surface area contributed by atoms with E-state index in [0.29, 0.717) is 22.1 Å². The van der Waals surface area contributed by atoms with E-state index in [1.54, 1.807) is 24.1 Å². The molecule has 1 aliphatic rings. The molecule has 0 fully saturated rings. The minimum absolute atomic E-state index is 0.0336. The van der Waals surface area contributed by atoms with E-state index in [4.69, 9.17) is 11.6 Å². The van der Waals surface area contributed by atoms with Crippen LogP contribution in [0.1, 0.15) is 22.2 Å². The lowest BCUT2D eigenvalue weighted by Crippen LogP contribution is -2.28. The first-order valence-electron chi connectivity index (χ1n) is 7.05. The summed E-state index contributed by atoms with van der Waals surface area (Å²) < 4.78 is 0.712. The van der Waals surface area contributed by atoms with Crippen molar-refractivity contribution in [2.75, 3.05) is 12.4 Å². The molecular weight excluding hydrogens is 352 g/mol. The molecule has 1 atom stereocenters. The van der Waals surface area contributed by atoms with Gasteiger partial charge in [0.15, 0.2) is 0 Å². The van der Waals surface area contributed by atoms with E-state index in [0.717, 1.165) is 9.77 Å². The molecule has 1 aromatic heterocycles. The van der Waals surface area contributed by atoms with E-state index in [1.165, 1.54) is 23.1 Å². The normalized spacial score (nSPS) is 16.7. The summed E-state index contributed by atoms with van der Waals surface area (Å²) in [7, 11) is 1.75. The Labute approximate surface area is 147 Å². The smallest absolute Gasteiger partial charge is 0.253 e. The van der Waals surface area contributed by atoms with Crippen molar-refractivity contribution in [2.24, 2.45) is 0 Å². The van der Waals surface area contributed by atoms with Gasteiger partial charge < -0.3 is 10.2 Å². The van der Waals surface area contributed by atoms with Crippen molar-refractivity contribution in [1.29, 1.82) is 0 Å². The lowest BCUT2D eigenvalue weighted by Gasteiger charge is -2.23. The fourth-order valence-electron chi connectivity index (χ4n) is 2.30. The second-order valence-corrected chi connectivity index (χ2v) is 8.51. The maximum absolute atomic E-state index is 12.6. The zero-order valence-corrected chi connectivity index (χ0v) is 15.0. The average molecular weight is 367 g/mol. The summed E-state index contributed by atoms with van der Waals surface area (Å²) in [6, 6.07) is 9.18. The molecule has 1 aliphatic heterocycles. The van der Waals surface area contributed by atoms with Crippen LogP contribution < -0.4 is 5.32 Å². The van der Waals surface area contributed by atoms with Gasteiger partial charge in [-0.25, -0.2) is 0 Å². The number of hydrogen-bond donors (Lipinski definition) is 1. The van der Waals surface area contributed by atoms with Crippen LogP contribution in [0, 0.1) is 0 Å². The quantitative estimate of drug-likeness (QED) is 0.889. The summed E-state index contributed by atoms with van der Waals surface area (Å²) in [5.41, 5.74) is 1.26. The number of carbonyl (C=O) groups excluding carboxylic acids is 2. The first-order chi connectivity index (χ1) is 10.9. The van der Waals surface area contributed by atoms with Crippen LogP contribution in [0.15, 0.2) is 35.2 Å². The Bertz CT molecular complexity index is 775. The fourth-order valence-corrected chi connectivity index (χ4v) is 4.38. The number of hydrogen-bond acceptors (Lipinski definition) is 4. The summed E-state index contributed by atoms with van der Waals surface area (Å²) in [6.07, 6.45) is 0. The van der Waals surface area contributed by atoms with E-state index in [-0.39, 0.29) is 17.1 Å². The average Bonchev–Trinajstić information content (AvgIpc) is 2.92. The first kappa shape index (κ1) is 16.4. The van der Waals surface area contributed by atoms with Crippen LogP contribution in [-0.2, 0) is 11.3 Å². The highest BCUT2D eigenvalue weighted by molar-refractivity contribution is 8.00. The molecule has 0 saturated carbocycles. The Morgan fingerprint density at radius 1 is 1.35 bits per heavy atom. The first-order valence-corrected chi connectivity index (χ1v) is 9.12. The van der Waals surface area contributed by atoms with E-state index < -0.39 is 0 Å². The van der Waals surface area contributed by atoms with Crippen LogP contribution in [0.3, 0.4) is 0 Å². The van der Waals surface area contributed by atoms with Gasteiger partial charge in [0, 0.05) is 22.4 Å². The molecule has 0 spiro atoms. The Hall–Kier alpha value is -1.50. The molecule has 0 bridgehead atoms. The number of fused-ring (bicyclic) bond motifs is 1. The van der Waals surface area contributed by atoms with Gasteiger partial charge in [0.2, 0.25) is 5.91 Å². The van der Waals surface area contributed by atoms with Gasteiger partial charge in [-0.2, -0.15) is 0 Å². The number of benzene rings is 1. The minimum atomic E-state index is -0.115. The van der Waals surface area contributed by atoms with Crippen molar-refractivity contribution < 1.29 is 9.59 Å². The summed E-state index contributed by atoms with van der Waals surface area (Å²) >= 11 is 8.89. The Balaban J connectivity index is 1.77. The molecule has 1 N–H and O–H groups in total. The number of halogens is 1. The molecule has 2 aromatic rings. The molecule has 1 aromatic carbocycles. The van der Waals surface area contributed by atoms with E-state index in [2.05, 4.69) is 5.32 Å². The van der Waals surface area contributed by atoms with Crippen LogP contribution in [0.25, 0.3) is 0 Å². The summed E-state index contributed by atoms with van der Waals surface area (Å²) in [4.78, 5) is 28.0. The van der Waals surface area contributed by atoms with Crippen molar-refractivity contribution in [1.82, 2.24) is 4.90 Å². The number of carbonyl (C=O) groups is 2. The molecule has 3 rings (SSSR count). The van der Waals surface area contributed by atoms with Crippen LogP contribution in [0.4, 0.5) is 5.69 Å². The lowest BCUT2D eigenvalue weighted by atomic mass is 10.1. The zero-order valence-electron chi connectivity index (χ0n) is 12.6. The predicted octanol–water partition coefficient (Wildman–Crippen LogP) is 4.11. The standard InChI is InChI=1S/C16H15ClN2O2S2/c1-9-15(20)18-12-7-10(3-5-13(12)22-9)16(21)19(2)8-11-4-6-14(17)23-11/h3-7,9H,8H2,1-2H3,(H,18,20)/t9-/m0/s1. The number of rotatable bonds is 3. The monoisotopic (exact) mass is 366 g/mol. The molecule has 0 aliphatic carbocycles. The zero-order chi connectivity index (χ0) is 16.6. The maximum atomic E-state index is 12.6. The molecule has 0 radical (unpaired) electrons. The molecule has 2 heterocycles. The van der Waals surface area contributed by atoms with Gasteiger partial charge in [0.1, 0.15) is 0 Å². The Morgan fingerprint density at radius 2 is 2.13 bits per heavy atom. The van der Waals surface area contributed by atoms with Crippen molar-refractivity contribution in [3.8, 4) is 0 Å². The third-order valence-corrected chi connectivity index (χ3v) is 5.92. The molecule has 0 unspecified atom stereocenters. The number of anilines is 1. The van der Waals surface area contributed by atoms with Crippen molar-refractivity contribution in [3.63, 3.8) is 0 Å². The molecule has 4 nitrogen and oxygen atoms in total. The van der Waals surface area contributed by atoms with Gasteiger partial charge in [-0.1, -0.05) is 11.6 Å². The van der Waals surface area contributed by atoms with Crippen LogP contribution in [0.2, 0.25) is 4.34 Å². The molecule has 2 amide bonds. The molecule has 0 saturated heterocycles. The van der Waals surface area contributed by atoms with E-state index >= 15 is 0 Å². The third-order valence-electron chi connectivity index (χ3n) is 3.53. The highest BCUT2D eigenvalue weighted by Gasteiger charge is 2.24. The van der Waals surface area contributed by atoms with Gasteiger partial charge >= 0.3 is 0 Å². The fraction of sp³-hybridized carbons (Fsp3) is 0.250. The number of nitrogens with one attached hydrogen (secondary N) is 1. The van der Waals surface area contributed by atoms with E-state index in [1.807, 2.05) is 25.1 Å². The van der Waals surface area contributed by atoms with Crippen LogP contribution in [0.5, 0.6) is 0 Å². The number of nitrogens with zero attached hydrogens (tertiary/aromatic N) is 1. The van der Waals surface area contributed by atoms with Crippen LogP contribution >= 0.6 is 34.7 Å². The number of thiophene rings is 1. The predicted molar refractivity (Wildman–Crippen MR) is 95.5 cm³/mol. The van der Waals surface area contributed by atoms with Crippen molar-refractivity contribution in [3.05, 3.63) is 45.1 Å². The third kappa shape index (κ3) is 3.54. The molecule has 120 valence electrons. The van der Waals surface area contributed by atoms with Crippen molar-refractivity contribution in [2.45, 2.75) is 23.6 Å². The SMILES string of the molecule is C[C@@H]1Sc2ccc(C(=O)N(C)Cc3ccc(Cl)s3)cc2NC1=O. The highest BCUT2D eigenvalue weighted by atomic mass is 35.5. The minimum Gasteiger partial charge on any atom is -0.337 e. The molecule has 7 heteroatoms. The van der Waals surface area contributed by atoms with Gasteiger partial charge in [-0.15, -0.1) is 23.1 Å². The van der Waals surface area contributed by atoms with Gasteiger partial charge in [0.05, 0.1) is 21.8 Å². The molecular formula is C16H15ClN2O2S2. The maximum Gasteiger partial charge on any atom is 0.253 e. The van der Waals surface area contributed by atoms with E-state index in [9.17, 15) is 9.59 Å². The topological polar surface area (TPSA) is 49.4 Å². The lowest BCUT2D eigenvalue weighted by molar-refractivity contribution is -0.115. The number of amides is 2. The Morgan fingerprint density at radius 3 is 2.83 bits per heavy atom. The van der Waals surface area contributed by atoms with Gasteiger partial charge in [0.25, 0.3) is 5.91 Å². The number of thioether (sulfide) groups is 1. The molecule has 23 heavy (non-hydrogen) atoms. The summed E-state index contributed by atoms with van der Waals surface area (Å²) in [5.74, 6) is -0.121. The van der Waals surface area contributed by atoms with Crippen molar-refractivity contribution >= 4 is 52.2 Å². The second-order valence-electron chi connectivity index (χ2n) is 5.33. The van der Waals surface area contributed by atoms with Gasteiger partial charge in [-0.3, -0.25) is 9.59 Å². The highest BCUT2D eigenvalue weighted by Crippen LogP contribution is 2.36. The van der Waals surface area contributed by atoms with Gasteiger partial charge in [-0.05, 0) is 37.3 Å². The Kier molecular flexibility index (Phi) is 4.66. The summed E-state index contributed by atoms with van der Waals surface area (Å²) in [6.45, 7) is 2.37. The van der Waals surface area contributed by atoms with Crippen LogP contribution in [-0.4, -0.2) is 29.0 Å².